The van der Waals surface area contributed by atoms with Crippen LogP contribution in [0.2, 0.25) is 0 Å². The highest BCUT2D eigenvalue weighted by Gasteiger charge is 2.46. The van der Waals surface area contributed by atoms with Gasteiger partial charge in [0.05, 0.1) is 5.41 Å². The van der Waals surface area contributed by atoms with E-state index in [0.717, 1.165) is 17.9 Å². The smallest absolute Gasteiger partial charge is 0.131 e. The van der Waals surface area contributed by atoms with Gasteiger partial charge in [-0.05, 0) is 97.6 Å². The molecule has 3 aliphatic rings. The molecule has 7 aromatic carbocycles. The Kier molecular flexibility index (Phi) is 5.39. The van der Waals surface area contributed by atoms with E-state index in [-0.39, 0.29) is 0 Å². The zero-order valence-electron chi connectivity index (χ0n) is 25.3. The minimum Gasteiger partial charge on any atom is -0.457 e. The maximum Gasteiger partial charge on any atom is 0.131 e. The van der Waals surface area contributed by atoms with E-state index < -0.39 is 5.41 Å². The molecule has 0 aromatic heterocycles. The van der Waals surface area contributed by atoms with E-state index in [2.05, 4.69) is 164 Å². The molecule has 1 heteroatoms. The quantitative estimate of drug-likeness (QED) is 0.200. The van der Waals surface area contributed by atoms with Crippen molar-refractivity contribution in [2.75, 3.05) is 0 Å². The second-order valence-corrected chi connectivity index (χ2v) is 12.8. The van der Waals surface area contributed by atoms with E-state index in [0.29, 0.717) is 5.92 Å². The predicted molar refractivity (Wildman–Crippen MR) is 189 cm³/mol. The van der Waals surface area contributed by atoms with E-state index in [1.165, 1.54) is 72.0 Å². The first-order valence-corrected chi connectivity index (χ1v) is 16.2. The van der Waals surface area contributed by atoms with Crippen LogP contribution in [0.4, 0.5) is 0 Å². The van der Waals surface area contributed by atoms with Gasteiger partial charge in [0.25, 0.3) is 0 Å². The lowest BCUT2D eigenvalue weighted by Crippen LogP contribution is -2.28. The van der Waals surface area contributed by atoms with E-state index >= 15 is 0 Å². The first kappa shape index (κ1) is 25.6. The van der Waals surface area contributed by atoms with Gasteiger partial charge in [-0.3, -0.25) is 0 Å². The largest absolute Gasteiger partial charge is 0.457 e. The zero-order valence-corrected chi connectivity index (χ0v) is 25.3. The molecule has 0 saturated heterocycles. The molecule has 1 aliphatic heterocycles. The molecule has 0 fully saturated rings. The van der Waals surface area contributed by atoms with Crippen molar-refractivity contribution in [2.24, 2.45) is 0 Å². The average Bonchev–Trinajstić information content (AvgIpc) is 3.41. The summed E-state index contributed by atoms with van der Waals surface area (Å²) in [6.45, 7) is 0. The Balaban J connectivity index is 1.14. The van der Waals surface area contributed by atoms with Gasteiger partial charge in [0.1, 0.15) is 11.5 Å². The SMILES string of the molecule is C1=Cc2cccc3c2C(C1)c1cc(-c2ccc(C4(c5ccccc5)c5ccccc5-c5cc6ccccc6cc54)cc2)ccc1O3. The molecule has 0 saturated carbocycles. The summed E-state index contributed by atoms with van der Waals surface area (Å²) in [6, 6.07) is 56.0. The van der Waals surface area contributed by atoms with Crippen molar-refractivity contribution in [3.8, 4) is 33.8 Å². The van der Waals surface area contributed by atoms with Crippen LogP contribution in [0, 0.1) is 0 Å². The van der Waals surface area contributed by atoms with Gasteiger partial charge in [-0.25, -0.2) is 0 Å². The molecule has 0 bridgehead atoms. The van der Waals surface area contributed by atoms with Crippen molar-refractivity contribution in [3.63, 3.8) is 0 Å². The van der Waals surface area contributed by atoms with Gasteiger partial charge >= 0.3 is 0 Å². The van der Waals surface area contributed by atoms with Crippen LogP contribution < -0.4 is 4.74 Å². The minimum atomic E-state index is -0.423. The van der Waals surface area contributed by atoms with Crippen molar-refractivity contribution >= 4 is 16.8 Å². The molecule has 1 heterocycles. The van der Waals surface area contributed by atoms with E-state index in [4.69, 9.17) is 4.74 Å². The lowest BCUT2D eigenvalue weighted by atomic mass is 9.67. The molecule has 0 radical (unpaired) electrons. The molecule has 10 rings (SSSR count). The van der Waals surface area contributed by atoms with Crippen LogP contribution in [0.5, 0.6) is 11.5 Å². The first-order chi connectivity index (χ1) is 22.8. The number of benzene rings is 7. The fourth-order valence-electron chi connectivity index (χ4n) is 8.46. The van der Waals surface area contributed by atoms with Gasteiger partial charge in [-0.1, -0.05) is 133 Å². The summed E-state index contributed by atoms with van der Waals surface area (Å²) < 4.78 is 6.43. The van der Waals surface area contributed by atoms with Crippen LogP contribution in [0.1, 0.15) is 51.3 Å². The van der Waals surface area contributed by atoms with Crippen LogP contribution in [-0.2, 0) is 5.41 Å². The normalized spacial score (nSPS) is 18.3. The van der Waals surface area contributed by atoms with Gasteiger partial charge < -0.3 is 4.74 Å². The number of hydrogen-bond donors (Lipinski definition) is 0. The summed E-state index contributed by atoms with van der Waals surface area (Å²) >= 11 is 0. The fraction of sp³-hybridized carbons (Fsp3) is 0.0667. The van der Waals surface area contributed by atoms with Gasteiger partial charge in [-0.15, -0.1) is 0 Å². The van der Waals surface area contributed by atoms with Crippen LogP contribution in [0.3, 0.4) is 0 Å². The first-order valence-electron chi connectivity index (χ1n) is 16.2. The highest BCUT2D eigenvalue weighted by molar-refractivity contribution is 5.96. The number of fused-ring (bicyclic) bond motifs is 6. The maximum atomic E-state index is 6.43. The van der Waals surface area contributed by atoms with E-state index in [1.807, 2.05) is 0 Å². The summed E-state index contributed by atoms with van der Waals surface area (Å²) in [5, 5.41) is 2.54. The molecule has 216 valence electrons. The summed E-state index contributed by atoms with van der Waals surface area (Å²) in [6.07, 6.45) is 5.53. The third-order valence-electron chi connectivity index (χ3n) is 10.5. The number of hydrogen-bond acceptors (Lipinski definition) is 1. The van der Waals surface area contributed by atoms with E-state index in [9.17, 15) is 0 Å². The topological polar surface area (TPSA) is 9.23 Å². The standard InChI is InChI=1S/C45H30O/c1-2-14-34(15-3-1)45(40-18-7-6-16-36(40)38-26-31-10-4-5-11-32(31)28-41(38)45)35-23-20-29(21-24-35)33-22-25-42-39(27-33)37-17-8-12-30-13-9-19-43(46-42)44(30)37/h1-16,18-28,37H,17H2. The van der Waals surface area contributed by atoms with Crippen molar-refractivity contribution in [2.45, 2.75) is 17.8 Å². The summed E-state index contributed by atoms with van der Waals surface area (Å²) in [5.74, 6) is 2.29. The lowest BCUT2D eigenvalue weighted by Gasteiger charge is -2.34. The Bertz CT molecular complexity index is 2360. The Labute approximate surface area is 269 Å². The molecule has 1 nitrogen and oxygen atoms in total. The summed E-state index contributed by atoms with van der Waals surface area (Å²) in [5.41, 5.74) is 13.8. The van der Waals surface area contributed by atoms with Crippen molar-refractivity contribution < 1.29 is 4.74 Å². The summed E-state index contributed by atoms with van der Waals surface area (Å²) in [7, 11) is 0. The van der Waals surface area contributed by atoms with Gasteiger partial charge in [0.2, 0.25) is 0 Å². The molecule has 0 spiro atoms. The van der Waals surface area contributed by atoms with Crippen LogP contribution in [0.15, 0.2) is 158 Å². The second-order valence-electron chi connectivity index (χ2n) is 12.8. The molecule has 2 atom stereocenters. The van der Waals surface area contributed by atoms with Crippen molar-refractivity contribution in [1.82, 2.24) is 0 Å². The molecule has 0 N–H and O–H groups in total. The van der Waals surface area contributed by atoms with E-state index in [1.54, 1.807) is 0 Å². The number of ether oxygens (including phenoxy) is 1. The summed E-state index contributed by atoms with van der Waals surface area (Å²) in [4.78, 5) is 0. The predicted octanol–water partition coefficient (Wildman–Crippen LogP) is 11.5. The number of allylic oxidation sites excluding steroid dienone is 1. The lowest BCUT2D eigenvalue weighted by molar-refractivity contribution is 0.445. The highest BCUT2D eigenvalue weighted by Crippen LogP contribution is 2.57. The Morgan fingerprint density at radius 3 is 2.13 bits per heavy atom. The molecule has 2 aliphatic carbocycles. The molecule has 46 heavy (non-hydrogen) atoms. The molecule has 2 unspecified atom stereocenters. The van der Waals surface area contributed by atoms with Crippen LogP contribution in [0.25, 0.3) is 39.1 Å². The molecule has 7 aromatic rings. The second kappa shape index (κ2) is 9.67. The molecular formula is C45H30O. The van der Waals surface area contributed by atoms with Crippen LogP contribution >= 0.6 is 0 Å². The molecule has 0 amide bonds. The zero-order chi connectivity index (χ0) is 30.2. The number of rotatable bonds is 3. The maximum absolute atomic E-state index is 6.43. The van der Waals surface area contributed by atoms with Gasteiger partial charge in [0, 0.05) is 17.0 Å². The molecular weight excluding hydrogens is 556 g/mol. The van der Waals surface area contributed by atoms with Gasteiger partial charge in [-0.2, -0.15) is 0 Å². The Hall–Kier alpha value is -5.66. The van der Waals surface area contributed by atoms with Crippen molar-refractivity contribution in [1.29, 1.82) is 0 Å². The average molecular weight is 587 g/mol. The highest BCUT2D eigenvalue weighted by atomic mass is 16.5. The Morgan fingerprint density at radius 1 is 0.522 bits per heavy atom. The monoisotopic (exact) mass is 586 g/mol. The van der Waals surface area contributed by atoms with Crippen LogP contribution in [-0.4, -0.2) is 0 Å². The van der Waals surface area contributed by atoms with Crippen molar-refractivity contribution in [3.05, 3.63) is 197 Å². The third kappa shape index (κ3) is 3.51. The minimum absolute atomic E-state index is 0.321. The van der Waals surface area contributed by atoms with Gasteiger partial charge in [0.15, 0.2) is 0 Å². The Morgan fingerprint density at radius 2 is 1.26 bits per heavy atom. The fourth-order valence-corrected chi connectivity index (χ4v) is 8.46. The third-order valence-corrected chi connectivity index (χ3v) is 10.5.